The fourth-order valence-corrected chi connectivity index (χ4v) is 5.55. The van der Waals surface area contributed by atoms with Crippen molar-refractivity contribution in [3.05, 3.63) is 169 Å². The number of nitrogens with zero attached hydrogens (tertiary/aromatic N) is 2. The molecular formula is C48H41ClF6N10O8. The number of halogens is 7. The van der Waals surface area contributed by atoms with Crippen LogP contribution in [-0.4, -0.2) is 59.1 Å². The van der Waals surface area contributed by atoms with Crippen molar-refractivity contribution >= 4 is 80.8 Å². The third-order valence-electron chi connectivity index (χ3n) is 8.88. The van der Waals surface area contributed by atoms with E-state index in [0.717, 1.165) is 30.4 Å². The maximum Gasteiger partial charge on any atom is 0.418 e. The van der Waals surface area contributed by atoms with Crippen LogP contribution in [0.2, 0.25) is 0 Å². The molecule has 25 heteroatoms. The van der Waals surface area contributed by atoms with Crippen molar-refractivity contribution in [3.63, 3.8) is 0 Å². The Kier molecular flexibility index (Phi) is 20.0. The maximum absolute atomic E-state index is 13.4. The van der Waals surface area contributed by atoms with Crippen molar-refractivity contribution in [2.75, 3.05) is 46.4 Å². The Morgan fingerprint density at radius 3 is 1.30 bits per heavy atom. The Morgan fingerprint density at radius 2 is 0.918 bits per heavy atom. The van der Waals surface area contributed by atoms with Gasteiger partial charge in [-0.15, -0.1) is 0 Å². The molecule has 18 nitrogen and oxygen atoms in total. The van der Waals surface area contributed by atoms with Crippen LogP contribution in [0.1, 0.15) is 32.1 Å². The van der Waals surface area contributed by atoms with E-state index < -0.39 is 58.1 Å². The molecule has 0 atom stereocenters. The van der Waals surface area contributed by atoms with Gasteiger partial charge >= 0.3 is 24.4 Å². The van der Waals surface area contributed by atoms with Gasteiger partial charge in [-0.3, -0.25) is 29.1 Å². The fraction of sp³-hybridized carbons (Fsp3) is 0.0833. The molecule has 0 saturated carbocycles. The molecule has 4 aromatic carbocycles. The lowest BCUT2D eigenvalue weighted by Gasteiger charge is -2.15. The van der Waals surface area contributed by atoms with Crippen LogP contribution >= 0.6 is 11.6 Å². The summed E-state index contributed by atoms with van der Waals surface area (Å²) in [5.41, 5.74) is 3.16. The number of hydrogen-bond acceptors (Lipinski definition) is 11. The number of carbonyl (C=O) groups excluding carboxylic acids is 6. The summed E-state index contributed by atoms with van der Waals surface area (Å²) in [4.78, 5) is 76.5. The molecular weight excluding hydrogens is 994 g/mol. The molecule has 6 aromatic rings. The zero-order chi connectivity index (χ0) is 53.9. The number of pyridine rings is 2. The second-order valence-corrected chi connectivity index (χ2v) is 14.5. The van der Waals surface area contributed by atoms with Gasteiger partial charge in [0.25, 0.3) is 11.8 Å². The number of anilines is 6. The molecule has 7 amide bonds. The minimum absolute atomic E-state index is 0.0615. The van der Waals surface area contributed by atoms with Crippen molar-refractivity contribution in [2.45, 2.75) is 12.4 Å². The van der Waals surface area contributed by atoms with Gasteiger partial charge in [-0.05, 0) is 121 Å². The number of ether oxygens (including phenoxy) is 2. The molecule has 2 heterocycles. The minimum Gasteiger partial charge on any atom is -0.457 e. The first-order valence-electron chi connectivity index (χ1n) is 20.5. The number of allylic oxidation sites excluding steroid dienone is 1. The molecule has 73 heavy (non-hydrogen) atoms. The largest absolute Gasteiger partial charge is 0.457 e. The van der Waals surface area contributed by atoms with Gasteiger partial charge in [-0.25, -0.2) is 9.59 Å². The zero-order valence-corrected chi connectivity index (χ0v) is 38.8. The van der Waals surface area contributed by atoms with Crippen LogP contribution in [0.25, 0.3) is 0 Å². The first-order chi connectivity index (χ1) is 34.5. The van der Waals surface area contributed by atoms with Gasteiger partial charge in [0, 0.05) is 67.1 Å². The summed E-state index contributed by atoms with van der Waals surface area (Å²) in [6.45, 7) is 6.28. The molecule has 0 saturated heterocycles. The predicted octanol–water partition coefficient (Wildman–Crippen LogP) is 10.4. The van der Waals surface area contributed by atoms with Crippen molar-refractivity contribution in [2.24, 2.45) is 0 Å². The van der Waals surface area contributed by atoms with E-state index in [1.165, 1.54) is 62.9 Å². The first-order valence-corrected chi connectivity index (χ1v) is 20.9. The van der Waals surface area contributed by atoms with Crippen LogP contribution in [0.5, 0.6) is 23.0 Å². The third kappa shape index (κ3) is 18.1. The number of nitrogens with two attached hydrogens (primary N) is 1. The molecule has 0 bridgehead atoms. The monoisotopic (exact) mass is 1030 g/mol. The molecule has 9 N–H and O–H groups in total. The van der Waals surface area contributed by atoms with Crippen LogP contribution in [0.15, 0.2) is 147 Å². The first kappa shape index (κ1) is 56.1. The van der Waals surface area contributed by atoms with Crippen LogP contribution in [0.3, 0.4) is 0 Å². The lowest BCUT2D eigenvalue weighted by atomic mass is 10.1. The molecule has 2 aromatic heterocycles. The number of carbonyl (C=O) groups is 6. The van der Waals surface area contributed by atoms with Crippen molar-refractivity contribution in [1.82, 2.24) is 20.6 Å². The van der Waals surface area contributed by atoms with Crippen LogP contribution in [-0.2, 0) is 21.9 Å². The van der Waals surface area contributed by atoms with Gasteiger partial charge in [0.2, 0.25) is 11.1 Å². The lowest BCUT2D eigenvalue weighted by molar-refractivity contribution is -0.137. The second-order valence-electron chi connectivity index (χ2n) is 14.1. The number of nitrogens with one attached hydrogen (secondary N) is 7. The normalized spacial score (nSPS) is 10.5. The summed E-state index contributed by atoms with van der Waals surface area (Å²) in [6.07, 6.45) is -4.67. The van der Waals surface area contributed by atoms with E-state index in [9.17, 15) is 55.1 Å². The van der Waals surface area contributed by atoms with Crippen LogP contribution in [0.4, 0.5) is 70.1 Å². The van der Waals surface area contributed by atoms with Gasteiger partial charge in [0.15, 0.2) is 0 Å². The van der Waals surface area contributed by atoms with Gasteiger partial charge in [-0.1, -0.05) is 13.2 Å². The van der Waals surface area contributed by atoms with Crippen molar-refractivity contribution in [3.8, 4) is 23.0 Å². The van der Waals surface area contributed by atoms with E-state index in [0.29, 0.717) is 40.4 Å². The predicted molar refractivity (Wildman–Crippen MR) is 261 cm³/mol. The summed E-state index contributed by atoms with van der Waals surface area (Å²) in [6, 6.07) is 23.0. The van der Waals surface area contributed by atoms with E-state index in [1.54, 1.807) is 48.5 Å². The average Bonchev–Trinajstić information content (AvgIpc) is 3.35. The number of hydrogen-bond donors (Lipinski definition) is 8. The van der Waals surface area contributed by atoms with Crippen LogP contribution in [0, 0.1) is 0 Å². The van der Waals surface area contributed by atoms with Gasteiger partial charge in [-0.2, -0.15) is 26.3 Å². The van der Waals surface area contributed by atoms with Gasteiger partial charge < -0.3 is 52.4 Å². The quantitative estimate of drug-likeness (QED) is 0.0234. The van der Waals surface area contributed by atoms with E-state index in [-0.39, 0.29) is 34.6 Å². The Morgan fingerprint density at radius 1 is 0.534 bits per heavy atom. The van der Waals surface area contributed by atoms with E-state index >= 15 is 0 Å². The number of benzene rings is 4. The maximum atomic E-state index is 13.4. The fourth-order valence-electron chi connectivity index (χ4n) is 5.55. The Bertz CT molecular complexity index is 2980. The number of nitrogen functional groups attached to an aromatic ring is 1. The molecule has 380 valence electrons. The minimum atomic E-state index is -4.77. The summed E-state index contributed by atoms with van der Waals surface area (Å²) in [7, 11) is 2.97. The Balaban J connectivity index is 0.000000291. The molecule has 0 fully saturated rings. The highest BCUT2D eigenvalue weighted by molar-refractivity contribution is 6.66. The second kappa shape index (κ2) is 26.0. The van der Waals surface area contributed by atoms with E-state index in [2.05, 4.69) is 60.3 Å². The highest BCUT2D eigenvalue weighted by Crippen LogP contribution is 2.37. The lowest BCUT2D eigenvalue weighted by Crippen LogP contribution is -2.20. The molecule has 6 rings (SSSR count). The summed E-state index contributed by atoms with van der Waals surface area (Å²) in [5, 5.41) is 16.1. The topological polar surface area (TPSA) is 257 Å². The summed E-state index contributed by atoms with van der Waals surface area (Å²) < 4.78 is 90.4. The number of rotatable bonds is 13. The Labute approximate surface area is 416 Å². The average molecular weight is 1040 g/mol. The highest BCUT2D eigenvalue weighted by Gasteiger charge is 2.35. The standard InChI is InChI=1S/C24H20F3N5O4.C21H18F3N5O3.C3H3ClO/c1-3-21(33)32-19-9-6-15(12-18(19)24(25,26)27)31-23(35)30-14-4-7-16(8-5-14)36-17-10-11-29-20(13-17)22(34)28-2;1-26-19(30)18-11-15(8-9-27-18)32-14-5-2-12(3-6-14)28-20(31)29-13-4-7-17(25)16(10-13)21(22,23)24;1-2-3(4)5/h3-13H,1H2,2H3,(H,28,34)(H,32,33)(H2,30,31,35);2-11H,25H2,1H3,(H,26,30)(H2,28,29,31);2H,1H2. The molecule has 0 aliphatic carbocycles. The molecule has 0 spiro atoms. The van der Waals surface area contributed by atoms with Gasteiger partial charge in [0.05, 0.1) is 16.8 Å². The third-order valence-corrected chi connectivity index (χ3v) is 9.04. The number of urea groups is 2. The Hall–Kier alpha value is -9.45. The smallest absolute Gasteiger partial charge is 0.418 e. The molecule has 0 radical (unpaired) electrons. The number of alkyl halides is 6. The van der Waals surface area contributed by atoms with E-state index in [4.69, 9.17) is 26.8 Å². The zero-order valence-electron chi connectivity index (χ0n) is 38.0. The molecule has 0 unspecified atom stereocenters. The van der Waals surface area contributed by atoms with Crippen LogP contribution < -0.4 is 52.4 Å². The number of aromatic nitrogens is 2. The van der Waals surface area contributed by atoms with Crippen molar-refractivity contribution in [1.29, 1.82) is 0 Å². The summed E-state index contributed by atoms with van der Waals surface area (Å²) in [5.74, 6) is 0.0627. The van der Waals surface area contributed by atoms with E-state index in [1.807, 2.05) is 0 Å². The van der Waals surface area contributed by atoms with Gasteiger partial charge in [0.1, 0.15) is 34.4 Å². The highest BCUT2D eigenvalue weighted by atomic mass is 35.5. The SMILES string of the molecule is C=CC(=O)Cl.C=CC(=O)Nc1ccc(NC(=O)Nc2ccc(Oc3ccnc(C(=O)NC)c3)cc2)cc1C(F)(F)F.CNC(=O)c1cc(Oc2ccc(NC(=O)Nc3ccc(N)c(C(F)(F)F)c3)cc2)ccn1. The molecule has 0 aliphatic heterocycles. The summed E-state index contributed by atoms with van der Waals surface area (Å²) >= 11 is 4.71. The number of amides is 7. The van der Waals surface area contributed by atoms with Crippen molar-refractivity contribution < 1.29 is 64.6 Å². The molecule has 0 aliphatic rings.